The van der Waals surface area contributed by atoms with Gasteiger partial charge in [-0.15, -0.1) is 0 Å². The fourth-order valence-corrected chi connectivity index (χ4v) is 8.49. The molecule has 0 amide bonds. The van der Waals surface area contributed by atoms with Gasteiger partial charge in [0.05, 0.1) is 19.0 Å². The van der Waals surface area contributed by atoms with Crippen molar-refractivity contribution in [3.8, 4) is 0 Å². The van der Waals surface area contributed by atoms with Crippen LogP contribution in [-0.2, 0) is 61.9 Å². The van der Waals surface area contributed by atoms with Crippen molar-refractivity contribution >= 4 is 33.5 Å². The molecule has 0 unspecified atom stereocenters. The smallest absolute Gasteiger partial charge is 0.324 e. The van der Waals surface area contributed by atoms with Crippen LogP contribution in [0.1, 0.15) is 63.4 Å². The number of hydrogen-bond acceptors (Lipinski definition) is 9. The van der Waals surface area contributed by atoms with Crippen molar-refractivity contribution in [3.05, 3.63) is 117 Å². The molecule has 2 saturated carbocycles. The van der Waals surface area contributed by atoms with Crippen LogP contribution in [0.3, 0.4) is 0 Å². The quantitative estimate of drug-likeness (QED) is 0.243. The van der Waals surface area contributed by atoms with Gasteiger partial charge >= 0.3 is 17.1 Å². The Balaban J connectivity index is 0.000000134. The normalized spacial score (nSPS) is 14.8. The van der Waals surface area contributed by atoms with Gasteiger partial charge in [-0.3, -0.25) is 41.8 Å². The fourth-order valence-electron chi connectivity index (χ4n) is 8.49. The average molecular weight is 809 g/mol. The molecule has 0 bridgehead atoms. The predicted molar refractivity (Wildman–Crippen MR) is 225 cm³/mol. The summed E-state index contributed by atoms with van der Waals surface area (Å²) in [7, 11) is 9.42. The second-order valence-corrected chi connectivity index (χ2v) is 15.9. The molecule has 9 rings (SSSR count). The fraction of sp³-hybridized carbons (Fsp3) is 0.488. The van der Waals surface area contributed by atoms with Crippen molar-refractivity contribution in [3.63, 3.8) is 0 Å². The highest BCUT2D eigenvalue weighted by Crippen LogP contribution is 2.27. The second-order valence-electron chi connectivity index (χ2n) is 15.9. The average Bonchev–Trinajstić information content (AvgIpc) is 4.08. The highest BCUT2D eigenvalue weighted by atomic mass is 16.2. The first-order valence-electron chi connectivity index (χ1n) is 20.1. The molecule has 0 aliphatic heterocycles. The van der Waals surface area contributed by atoms with E-state index in [9.17, 15) is 28.8 Å². The van der Waals surface area contributed by atoms with Crippen molar-refractivity contribution in [2.45, 2.75) is 77.4 Å². The Hall–Kier alpha value is -6.33. The number of fused-ring (bicyclic) bond motifs is 3. The monoisotopic (exact) mass is 808 g/mol. The van der Waals surface area contributed by atoms with E-state index < -0.39 is 0 Å². The highest BCUT2D eigenvalue weighted by Gasteiger charge is 2.21. The molecule has 0 atom stereocenters. The van der Waals surface area contributed by atoms with E-state index in [2.05, 4.69) is 15.0 Å². The second kappa shape index (κ2) is 16.9. The van der Waals surface area contributed by atoms with E-state index >= 15 is 0 Å². The maximum Gasteiger partial charge on any atom is 0.332 e. The Kier molecular flexibility index (Phi) is 11.7. The van der Waals surface area contributed by atoms with Gasteiger partial charge in [0.15, 0.2) is 33.5 Å². The summed E-state index contributed by atoms with van der Waals surface area (Å²) in [6.07, 6.45) is 16.2. The van der Waals surface area contributed by atoms with E-state index in [1.165, 1.54) is 92.6 Å². The zero-order valence-electron chi connectivity index (χ0n) is 34.6. The van der Waals surface area contributed by atoms with Crippen molar-refractivity contribution in [1.82, 2.24) is 56.1 Å². The first-order valence-corrected chi connectivity index (χ1v) is 20.1. The van der Waals surface area contributed by atoms with Gasteiger partial charge in [-0.05, 0) is 43.1 Å². The van der Waals surface area contributed by atoms with Gasteiger partial charge in [0, 0.05) is 61.9 Å². The van der Waals surface area contributed by atoms with Crippen molar-refractivity contribution in [1.29, 1.82) is 0 Å². The number of imidazole rings is 3. The topological polar surface area (TPSA) is 185 Å². The largest absolute Gasteiger partial charge is 0.332 e. The van der Waals surface area contributed by atoms with Crippen LogP contribution >= 0.6 is 0 Å². The molecule has 2 fully saturated rings. The zero-order valence-corrected chi connectivity index (χ0v) is 34.6. The first-order chi connectivity index (χ1) is 28.3. The molecule has 18 nitrogen and oxygen atoms in total. The summed E-state index contributed by atoms with van der Waals surface area (Å²) < 4.78 is 13.3. The third-order valence-corrected chi connectivity index (χ3v) is 12.0. The number of rotatable bonds is 6. The van der Waals surface area contributed by atoms with Gasteiger partial charge < -0.3 is 13.7 Å². The van der Waals surface area contributed by atoms with Crippen molar-refractivity contribution in [2.75, 3.05) is 0 Å². The van der Waals surface area contributed by atoms with Gasteiger partial charge in [-0.2, -0.15) is 0 Å². The molecular weight excluding hydrogens is 757 g/mol. The molecule has 18 heteroatoms. The molecule has 6 heterocycles. The molecule has 312 valence electrons. The number of aryl methyl sites for hydroxylation is 3. The maximum atomic E-state index is 12.3. The molecule has 2 aliphatic rings. The summed E-state index contributed by atoms with van der Waals surface area (Å²) in [5.74, 6) is 1.24. The predicted octanol–water partition coefficient (Wildman–Crippen LogP) is 2.12. The van der Waals surface area contributed by atoms with Gasteiger partial charge in [0.25, 0.3) is 16.7 Å². The van der Waals surface area contributed by atoms with Crippen molar-refractivity contribution < 1.29 is 0 Å². The third kappa shape index (κ3) is 7.82. The van der Waals surface area contributed by atoms with Gasteiger partial charge in [-0.25, -0.2) is 29.3 Å². The first kappa shape index (κ1) is 40.9. The Bertz CT molecular complexity index is 3010. The van der Waals surface area contributed by atoms with Crippen LogP contribution in [0, 0.1) is 11.8 Å². The molecule has 2 aliphatic carbocycles. The summed E-state index contributed by atoms with van der Waals surface area (Å²) in [6.45, 7) is 2.19. The SMILES string of the molecule is Cn1c(=O)c2c(ncn2CC2CCCC2)n(C)c1=O.Cn1c(=O)c2c(ncn2CC2CCCCC2)n(C)c1=O.Cn1c(=O)c2c(ncn2Cc2ccccc2)n(C)c1=O. The lowest BCUT2D eigenvalue weighted by atomic mass is 9.89. The van der Waals surface area contributed by atoms with Crippen LogP contribution in [0.15, 0.2) is 78.1 Å². The Morgan fingerprint density at radius 2 is 0.797 bits per heavy atom. The molecule has 59 heavy (non-hydrogen) atoms. The molecule has 0 radical (unpaired) electrons. The molecule has 0 saturated heterocycles. The van der Waals surface area contributed by atoms with Crippen LogP contribution in [0.5, 0.6) is 0 Å². The van der Waals surface area contributed by atoms with Crippen LogP contribution in [0.2, 0.25) is 0 Å². The Labute approximate surface area is 337 Å². The van der Waals surface area contributed by atoms with E-state index in [-0.39, 0.29) is 33.7 Å². The van der Waals surface area contributed by atoms with Crippen LogP contribution in [0.25, 0.3) is 33.5 Å². The van der Waals surface area contributed by atoms with Crippen molar-refractivity contribution in [2.24, 2.45) is 54.1 Å². The number of nitrogens with zero attached hydrogens (tertiary/aromatic N) is 12. The summed E-state index contributed by atoms with van der Waals surface area (Å²) in [5, 5.41) is 0. The minimum absolute atomic E-state index is 0.253. The standard InChI is InChI=1S/C14H20N4O2.C14H14N4O2.C13H18N4O2/c2*1-16-12-11(13(19)17(2)14(16)20)18(9-15-12)8-10-6-4-3-5-7-10;1-15-11-10(12(18)16(2)13(15)19)17(8-14-11)7-9-5-3-4-6-9/h9-10H,3-8H2,1-2H3;3-7,9H,8H2,1-2H3;8-9H,3-7H2,1-2H3. The summed E-state index contributed by atoms with van der Waals surface area (Å²) >= 11 is 0. The molecule has 0 N–H and O–H groups in total. The van der Waals surface area contributed by atoms with E-state index in [0.717, 1.165) is 32.4 Å². The summed E-state index contributed by atoms with van der Waals surface area (Å²) in [6, 6.07) is 9.80. The third-order valence-electron chi connectivity index (χ3n) is 12.0. The van der Waals surface area contributed by atoms with Crippen LogP contribution in [-0.4, -0.2) is 56.1 Å². The van der Waals surface area contributed by atoms with Crippen LogP contribution < -0.4 is 33.7 Å². The minimum Gasteiger partial charge on any atom is -0.324 e. The van der Waals surface area contributed by atoms with E-state index in [4.69, 9.17) is 0 Å². The van der Waals surface area contributed by atoms with E-state index in [0.29, 0.717) is 51.9 Å². The van der Waals surface area contributed by atoms with Gasteiger partial charge in [0.1, 0.15) is 0 Å². The Morgan fingerprint density at radius 3 is 1.19 bits per heavy atom. The molecule has 0 spiro atoms. The number of benzene rings is 1. The Morgan fingerprint density at radius 1 is 0.458 bits per heavy atom. The van der Waals surface area contributed by atoms with E-state index in [1.54, 1.807) is 44.7 Å². The number of aromatic nitrogens is 12. The molecule has 7 aromatic rings. The molecule has 6 aromatic heterocycles. The minimum atomic E-state index is -0.368. The lowest BCUT2D eigenvalue weighted by Gasteiger charge is -2.22. The summed E-state index contributed by atoms with van der Waals surface area (Å²) in [4.78, 5) is 85.1. The van der Waals surface area contributed by atoms with Gasteiger partial charge in [-0.1, -0.05) is 62.4 Å². The van der Waals surface area contributed by atoms with Crippen LogP contribution in [0.4, 0.5) is 0 Å². The lowest BCUT2D eigenvalue weighted by Crippen LogP contribution is -2.37. The highest BCUT2D eigenvalue weighted by molar-refractivity contribution is 5.71. The maximum absolute atomic E-state index is 12.3. The van der Waals surface area contributed by atoms with Gasteiger partial charge in [0.2, 0.25) is 0 Å². The zero-order chi connectivity index (χ0) is 42.1. The molecular formula is C41H52N12O6. The molecule has 1 aromatic carbocycles. The summed E-state index contributed by atoms with van der Waals surface area (Å²) in [5.41, 5.74) is 2.11. The lowest BCUT2D eigenvalue weighted by molar-refractivity contribution is 0.322. The number of hydrogen-bond donors (Lipinski definition) is 0. The van der Waals surface area contributed by atoms with E-state index in [1.807, 2.05) is 39.5 Å².